The summed E-state index contributed by atoms with van der Waals surface area (Å²) in [7, 11) is 1.67. The summed E-state index contributed by atoms with van der Waals surface area (Å²) in [5.41, 5.74) is 3.19. The lowest BCUT2D eigenvalue weighted by Crippen LogP contribution is -1.82. The Kier molecular flexibility index (Phi) is 4.27. The summed E-state index contributed by atoms with van der Waals surface area (Å²) in [6.07, 6.45) is 7.76. The topological polar surface area (TPSA) is 35.0 Å². The number of fused-ring (bicyclic) bond motifs is 1. The summed E-state index contributed by atoms with van der Waals surface area (Å²) < 4.78 is 5.18. The van der Waals surface area contributed by atoms with Gasteiger partial charge >= 0.3 is 0 Å². The number of benzene rings is 1. The lowest BCUT2D eigenvalue weighted by Gasteiger charge is -1.99. The molecule has 1 aromatic carbocycles. The van der Waals surface area contributed by atoms with Crippen molar-refractivity contribution in [2.75, 3.05) is 7.11 Å². The van der Waals surface area contributed by atoms with Gasteiger partial charge in [-0.05, 0) is 48.0 Å². The van der Waals surface area contributed by atoms with Crippen LogP contribution in [0.25, 0.3) is 32.8 Å². The number of aromatic nitrogens is 2. The number of hydrogen-bond donors (Lipinski definition) is 0. The van der Waals surface area contributed by atoms with E-state index in [4.69, 9.17) is 9.72 Å². The molecule has 4 aromatic rings. The van der Waals surface area contributed by atoms with Gasteiger partial charge in [0.1, 0.15) is 10.6 Å². The van der Waals surface area contributed by atoms with E-state index in [0.717, 1.165) is 32.8 Å². The van der Waals surface area contributed by atoms with Crippen molar-refractivity contribution in [2.45, 2.75) is 0 Å². The summed E-state index contributed by atoms with van der Waals surface area (Å²) in [5, 5.41) is 1.16. The highest BCUT2D eigenvalue weighted by Crippen LogP contribution is 2.32. The molecule has 0 radical (unpaired) electrons. The van der Waals surface area contributed by atoms with E-state index in [1.165, 1.54) is 4.88 Å². The second kappa shape index (κ2) is 6.87. The number of nitrogens with zero attached hydrogens (tertiary/aromatic N) is 2. The van der Waals surface area contributed by atoms with E-state index in [0.29, 0.717) is 0 Å². The van der Waals surface area contributed by atoms with Gasteiger partial charge in [0.15, 0.2) is 0 Å². The van der Waals surface area contributed by atoms with Crippen LogP contribution >= 0.6 is 11.3 Å². The maximum Gasteiger partial charge on any atom is 0.124 e. The van der Waals surface area contributed by atoms with Crippen LogP contribution in [0.4, 0.5) is 0 Å². The van der Waals surface area contributed by atoms with Crippen molar-refractivity contribution in [3.05, 3.63) is 78.2 Å². The van der Waals surface area contributed by atoms with E-state index in [9.17, 15) is 0 Å². The molecular weight excluding hydrogens is 328 g/mol. The van der Waals surface area contributed by atoms with Gasteiger partial charge in [-0.1, -0.05) is 24.3 Å². The van der Waals surface area contributed by atoms with E-state index in [-0.39, 0.29) is 0 Å². The van der Waals surface area contributed by atoms with Crippen LogP contribution in [-0.2, 0) is 0 Å². The van der Waals surface area contributed by atoms with Crippen molar-refractivity contribution in [2.24, 2.45) is 0 Å². The summed E-state index contributed by atoms with van der Waals surface area (Å²) in [6.45, 7) is 0. The number of pyridine rings is 2. The van der Waals surface area contributed by atoms with Gasteiger partial charge in [-0.15, -0.1) is 11.3 Å². The molecule has 0 saturated heterocycles. The van der Waals surface area contributed by atoms with Crippen LogP contribution in [0.2, 0.25) is 0 Å². The zero-order chi connectivity index (χ0) is 17.1. The number of thiophene rings is 1. The van der Waals surface area contributed by atoms with Crippen molar-refractivity contribution in [3.8, 4) is 16.2 Å². The van der Waals surface area contributed by atoms with Crippen LogP contribution in [0.15, 0.2) is 67.0 Å². The number of ether oxygens (including phenoxy) is 1. The van der Waals surface area contributed by atoms with Crippen LogP contribution in [-0.4, -0.2) is 17.1 Å². The molecule has 3 heterocycles. The van der Waals surface area contributed by atoms with Gasteiger partial charge in [0.25, 0.3) is 0 Å². The van der Waals surface area contributed by atoms with Gasteiger partial charge in [0, 0.05) is 28.2 Å². The molecule has 25 heavy (non-hydrogen) atoms. The molecule has 0 unspecified atom stereocenters. The Labute approximate surface area is 150 Å². The second-order valence-electron chi connectivity index (χ2n) is 5.59. The summed E-state index contributed by atoms with van der Waals surface area (Å²) in [6, 6.07) is 18.3. The first-order chi connectivity index (χ1) is 12.3. The molecule has 0 spiro atoms. The highest BCUT2D eigenvalue weighted by Gasteiger charge is 2.05. The number of methoxy groups -OCH3 is 1. The maximum absolute atomic E-state index is 5.18. The van der Waals surface area contributed by atoms with Crippen molar-refractivity contribution < 1.29 is 4.74 Å². The van der Waals surface area contributed by atoms with Crippen molar-refractivity contribution >= 4 is 33.7 Å². The molecule has 4 rings (SSSR count). The van der Waals surface area contributed by atoms with Gasteiger partial charge in [-0.3, -0.25) is 4.98 Å². The first-order valence-corrected chi connectivity index (χ1v) is 8.76. The quantitative estimate of drug-likeness (QED) is 0.488. The Morgan fingerprint density at radius 3 is 2.64 bits per heavy atom. The molecule has 0 atom stereocenters. The van der Waals surface area contributed by atoms with Crippen LogP contribution in [0.5, 0.6) is 5.75 Å². The first-order valence-electron chi connectivity index (χ1n) is 7.95. The molecule has 0 bridgehead atoms. The minimum Gasteiger partial charge on any atom is -0.497 e. The third-order valence-electron chi connectivity index (χ3n) is 3.91. The summed E-state index contributed by atoms with van der Waals surface area (Å²) in [5.74, 6) is 0.859. The zero-order valence-electron chi connectivity index (χ0n) is 13.7. The van der Waals surface area contributed by atoms with Gasteiger partial charge in [-0.25, -0.2) is 4.98 Å². The number of hydrogen-bond acceptors (Lipinski definition) is 4. The van der Waals surface area contributed by atoms with Gasteiger partial charge in [-0.2, -0.15) is 0 Å². The van der Waals surface area contributed by atoms with E-state index in [2.05, 4.69) is 29.3 Å². The fourth-order valence-electron chi connectivity index (χ4n) is 2.57. The molecular formula is C21H16N2OS. The fourth-order valence-corrected chi connectivity index (χ4v) is 3.60. The normalized spacial score (nSPS) is 11.2. The lowest BCUT2D eigenvalue weighted by atomic mass is 10.2. The summed E-state index contributed by atoms with van der Waals surface area (Å²) >= 11 is 1.69. The van der Waals surface area contributed by atoms with Crippen molar-refractivity contribution in [3.63, 3.8) is 0 Å². The molecule has 0 aliphatic rings. The average Bonchev–Trinajstić information content (AvgIpc) is 3.11. The third kappa shape index (κ3) is 3.44. The smallest absolute Gasteiger partial charge is 0.124 e. The molecule has 4 heteroatoms. The first kappa shape index (κ1) is 15.5. The third-order valence-corrected chi connectivity index (χ3v) is 5.01. The predicted molar refractivity (Wildman–Crippen MR) is 105 cm³/mol. The van der Waals surface area contributed by atoms with E-state index in [1.807, 2.05) is 48.7 Å². The molecule has 0 fully saturated rings. The molecule has 3 nitrogen and oxygen atoms in total. The maximum atomic E-state index is 5.18. The Bertz CT molecular complexity index is 1020. The Hall–Kier alpha value is -2.98. The fraction of sp³-hybridized carbons (Fsp3) is 0.0476. The molecule has 3 aromatic heterocycles. The van der Waals surface area contributed by atoms with Crippen LogP contribution in [0.3, 0.4) is 0 Å². The zero-order valence-corrected chi connectivity index (χ0v) is 14.5. The Balaban J connectivity index is 1.61. The number of rotatable bonds is 4. The highest BCUT2D eigenvalue weighted by molar-refractivity contribution is 7.21. The average molecular weight is 344 g/mol. The van der Waals surface area contributed by atoms with E-state index in [1.54, 1.807) is 24.6 Å². The minimum atomic E-state index is 0.859. The standard InChI is InChI=1S/C21H16N2OS/c1-24-19-10-5-15(6-11-19)4-8-18-9-7-16-13-20(25-21(16)23-18)17-3-2-12-22-14-17/h2-14H,1H3/b8-4+. The van der Waals surface area contributed by atoms with Crippen LogP contribution < -0.4 is 4.74 Å². The largest absolute Gasteiger partial charge is 0.497 e. The lowest BCUT2D eigenvalue weighted by molar-refractivity contribution is 0.415. The monoisotopic (exact) mass is 344 g/mol. The van der Waals surface area contributed by atoms with Crippen molar-refractivity contribution in [1.29, 1.82) is 0 Å². The molecule has 0 aliphatic heterocycles. The van der Waals surface area contributed by atoms with Gasteiger partial charge in [0.05, 0.1) is 12.8 Å². The van der Waals surface area contributed by atoms with Gasteiger partial charge in [0.2, 0.25) is 0 Å². The van der Waals surface area contributed by atoms with Crippen LogP contribution in [0, 0.1) is 0 Å². The summed E-state index contributed by atoms with van der Waals surface area (Å²) in [4.78, 5) is 11.2. The molecule has 0 N–H and O–H groups in total. The molecule has 0 amide bonds. The predicted octanol–water partition coefficient (Wildman–Crippen LogP) is 5.54. The molecule has 0 saturated carbocycles. The Morgan fingerprint density at radius 2 is 1.88 bits per heavy atom. The van der Waals surface area contributed by atoms with Gasteiger partial charge < -0.3 is 4.74 Å². The van der Waals surface area contributed by atoms with Crippen LogP contribution in [0.1, 0.15) is 11.3 Å². The minimum absolute atomic E-state index is 0.859. The van der Waals surface area contributed by atoms with E-state index < -0.39 is 0 Å². The molecule has 122 valence electrons. The SMILES string of the molecule is COc1ccc(/C=C/c2ccc3cc(-c4cccnc4)sc3n2)cc1. The Morgan fingerprint density at radius 1 is 1.00 bits per heavy atom. The van der Waals surface area contributed by atoms with E-state index >= 15 is 0 Å². The second-order valence-corrected chi connectivity index (χ2v) is 6.62. The highest BCUT2D eigenvalue weighted by atomic mass is 32.1. The van der Waals surface area contributed by atoms with Crippen molar-refractivity contribution in [1.82, 2.24) is 9.97 Å². The molecule has 0 aliphatic carbocycles.